The molecule has 1 aromatic rings. The predicted molar refractivity (Wildman–Crippen MR) is 51.3 cm³/mol. The Morgan fingerprint density at radius 3 is 3.14 bits per heavy atom. The van der Waals surface area contributed by atoms with E-state index in [0.29, 0.717) is 6.42 Å². The van der Waals surface area contributed by atoms with Gasteiger partial charge in [0.25, 0.3) is 0 Å². The van der Waals surface area contributed by atoms with Crippen LogP contribution in [-0.4, -0.2) is 28.8 Å². The van der Waals surface area contributed by atoms with E-state index in [1.807, 2.05) is 7.05 Å². The number of carbonyl (C=O) groups excluding carboxylic acids is 1. The molecule has 1 heterocycles. The summed E-state index contributed by atoms with van der Waals surface area (Å²) in [5, 5.41) is 4.28. The fraction of sp³-hybridized carbons (Fsp3) is 0.600. The van der Waals surface area contributed by atoms with Gasteiger partial charge < -0.3 is 4.74 Å². The molecule has 0 bridgehead atoms. The lowest BCUT2D eigenvalue weighted by Gasteiger charge is -2.09. The SMILES string of the molecule is COC1CCC(=O)c2cn(C)nc2C1. The van der Waals surface area contributed by atoms with E-state index in [0.717, 1.165) is 24.1 Å². The largest absolute Gasteiger partial charge is 0.381 e. The quantitative estimate of drug-likeness (QED) is 0.625. The number of hydrogen-bond donors (Lipinski definition) is 0. The van der Waals surface area contributed by atoms with E-state index < -0.39 is 0 Å². The summed E-state index contributed by atoms with van der Waals surface area (Å²) in [5.41, 5.74) is 1.65. The average molecular weight is 194 g/mol. The van der Waals surface area contributed by atoms with Crippen LogP contribution in [0.25, 0.3) is 0 Å². The molecule has 0 saturated carbocycles. The van der Waals surface area contributed by atoms with Gasteiger partial charge in [-0.3, -0.25) is 9.48 Å². The van der Waals surface area contributed by atoms with Gasteiger partial charge in [0.05, 0.1) is 17.4 Å². The summed E-state index contributed by atoms with van der Waals surface area (Å²) in [6.07, 6.45) is 4.05. The Labute approximate surface area is 82.9 Å². The summed E-state index contributed by atoms with van der Waals surface area (Å²) in [6, 6.07) is 0. The Kier molecular flexibility index (Phi) is 2.37. The lowest BCUT2D eigenvalue weighted by atomic mass is 10.1. The van der Waals surface area contributed by atoms with Crippen LogP contribution >= 0.6 is 0 Å². The zero-order valence-electron chi connectivity index (χ0n) is 8.49. The molecule has 76 valence electrons. The van der Waals surface area contributed by atoms with Crippen molar-refractivity contribution in [2.24, 2.45) is 7.05 Å². The number of Topliss-reactive ketones (excluding diaryl/α,β-unsaturated/α-hetero) is 1. The molecule has 0 spiro atoms. The van der Waals surface area contributed by atoms with Gasteiger partial charge in [0.2, 0.25) is 0 Å². The van der Waals surface area contributed by atoms with Gasteiger partial charge in [-0.25, -0.2) is 0 Å². The van der Waals surface area contributed by atoms with E-state index in [1.165, 1.54) is 0 Å². The Balaban J connectivity index is 2.34. The number of rotatable bonds is 1. The van der Waals surface area contributed by atoms with Gasteiger partial charge in [-0.15, -0.1) is 0 Å². The third-order valence-electron chi connectivity index (χ3n) is 2.65. The molecule has 0 aliphatic heterocycles. The topological polar surface area (TPSA) is 44.1 Å². The van der Waals surface area contributed by atoms with E-state index in [1.54, 1.807) is 18.0 Å². The maximum Gasteiger partial charge on any atom is 0.166 e. The fourth-order valence-electron chi connectivity index (χ4n) is 1.86. The Hall–Kier alpha value is -1.16. The summed E-state index contributed by atoms with van der Waals surface area (Å²) in [7, 11) is 3.52. The molecule has 1 unspecified atom stereocenters. The van der Waals surface area contributed by atoms with E-state index in [4.69, 9.17) is 4.74 Å². The number of carbonyl (C=O) groups is 1. The Morgan fingerprint density at radius 1 is 1.64 bits per heavy atom. The average Bonchev–Trinajstić information content (AvgIpc) is 2.46. The number of aromatic nitrogens is 2. The number of fused-ring (bicyclic) bond motifs is 1. The number of ether oxygens (including phenoxy) is 1. The molecule has 2 rings (SSSR count). The number of ketones is 1. The lowest BCUT2D eigenvalue weighted by Crippen LogP contribution is -2.13. The van der Waals surface area contributed by atoms with Gasteiger partial charge in [0.15, 0.2) is 5.78 Å². The van der Waals surface area contributed by atoms with Crippen molar-refractivity contribution in [3.8, 4) is 0 Å². The highest BCUT2D eigenvalue weighted by atomic mass is 16.5. The summed E-state index contributed by atoms with van der Waals surface area (Å²) in [6.45, 7) is 0. The molecule has 0 fully saturated rings. The van der Waals surface area contributed by atoms with Crippen molar-refractivity contribution in [3.05, 3.63) is 17.5 Å². The molecule has 4 nitrogen and oxygen atoms in total. The maximum absolute atomic E-state index is 11.7. The molecule has 0 radical (unpaired) electrons. The van der Waals surface area contributed by atoms with Gasteiger partial charge in [-0.05, 0) is 6.42 Å². The van der Waals surface area contributed by atoms with E-state index in [2.05, 4.69) is 5.10 Å². The first-order valence-corrected chi connectivity index (χ1v) is 4.79. The second-order valence-corrected chi connectivity index (χ2v) is 3.69. The summed E-state index contributed by atoms with van der Waals surface area (Å²) >= 11 is 0. The molecule has 0 aromatic carbocycles. The van der Waals surface area contributed by atoms with E-state index in [9.17, 15) is 4.79 Å². The van der Waals surface area contributed by atoms with Crippen molar-refractivity contribution >= 4 is 5.78 Å². The van der Waals surface area contributed by atoms with Crippen molar-refractivity contribution in [1.82, 2.24) is 9.78 Å². The molecule has 0 saturated heterocycles. The zero-order chi connectivity index (χ0) is 10.1. The van der Waals surface area contributed by atoms with Crippen molar-refractivity contribution in [1.29, 1.82) is 0 Å². The minimum absolute atomic E-state index is 0.134. The summed E-state index contributed by atoms with van der Waals surface area (Å²) in [4.78, 5) is 11.7. The molecular weight excluding hydrogens is 180 g/mol. The monoisotopic (exact) mass is 194 g/mol. The highest BCUT2D eigenvalue weighted by Gasteiger charge is 2.24. The van der Waals surface area contributed by atoms with Gasteiger partial charge in [-0.1, -0.05) is 0 Å². The molecule has 4 heteroatoms. The molecule has 1 atom stereocenters. The highest BCUT2D eigenvalue weighted by Crippen LogP contribution is 2.20. The van der Waals surface area contributed by atoms with Crippen molar-refractivity contribution in [2.45, 2.75) is 25.4 Å². The molecular formula is C10H14N2O2. The predicted octanol–water partition coefficient (Wildman–Crippen LogP) is 0.954. The highest BCUT2D eigenvalue weighted by molar-refractivity contribution is 5.97. The first-order valence-electron chi connectivity index (χ1n) is 4.79. The minimum Gasteiger partial charge on any atom is -0.381 e. The summed E-state index contributed by atoms with van der Waals surface area (Å²) < 4.78 is 6.98. The zero-order valence-corrected chi connectivity index (χ0v) is 8.49. The van der Waals surface area contributed by atoms with Crippen LogP contribution in [0.2, 0.25) is 0 Å². The number of hydrogen-bond acceptors (Lipinski definition) is 3. The Bertz CT molecular complexity index is 357. The van der Waals surface area contributed by atoms with Crippen LogP contribution in [0.4, 0.5) is 0 Å². The van der Waals surface area contributed by atoms with Crippen LogP contribution in [-0.2, 0) is 18.2 Å². The second kappa shape index (κ2) is 3.53. The molecule has 1 aliphatic carbocycles. The number of methoxy groups -OCH3 is 1. The van der Waals surface area contributed by atoms with E-state index >= 15 is 0 Å². The second-order valence-electron chi connectivity index (χ2n) is 3.69. The molecule has 14 heavy (non-hydrogen) atoms. The molecule has 1 aromatic heterocycles. The van der Waals surface area contributed by atoms with Crippen molar-refractivity contribution in [3.63, 3.8) is 0 Å². The van der Waals surface area contributed by atoms with E-state index in [-0.39, 0.29) is 11.9 Å². The van der Waals surface area contributed by atoms with Gasteiger partial charge >= 0.3 is 0 Å². The lowest BCUT2D eigenvalue weighted by molar-refractivity contribution is 0.0847. The van der Waals surface area contributed by atoms with Crippen LogP contribution in [0, 0.1) is 0 Å². The van der Waals surface area contributed by atoms with Gasteiger partial charge in [0.1, 0.15) is 0 Å². The smallest absolute Gasteiger partial charge is 0.166 e. The van der Waals surface area contributed by atoms with Crippen LogP contribution in [0.3, 0.4) is 0 Å². The van der Waals surface area contributed by atoms with Crippen LogP contribution in [0.5, 0.6) is 0 Å². The number of nitrogens with zero attached hydrogens (tertiary/aromatic N) is 2. The normalized spacial score (nSPS) is 21.9. The molecule has 1 aliphatic rings. The van der Waals surface area contributed by atoms with Gasteiger partial charge in [-0.2, -0.15) is 5.10 Å². The van der Waals surface area contributed by atoms with Crippen LogP contribution < -0.4 is 0 Å². The standard InChI is InChI=1S/C10H14N2O2/c1-12-6-8-9(11-12)5-7(14-2)3-4-10(8)13/h6-7H,3-5H2,1-2H3. The Morgan fingerprint density at radius 2 is 2.43 bits per heavy atom. The van der Waals surface area contributed by atoms with Crippen molar-refractivity contribution in [2.75, 3.05) is 7.11 Å². The number of aryl methyl sites for hydroxylation is 1. The van der Waals surface area contributed by atoms with Crippen molar-refractivity contribution < 1.29 is 9.53 Å². The minimum atomic E-state index is 0.134. The fourth-order valence-corrected chi connectivity index (χ4v) is 1.86. The molecule has 0 N–H and O–H groups in total. The third-order valence-corrected chi connectivity index (χ3v) is 2.65. The first kappa shape index (κ1) is 9.40. The molecule has 0 amide bonds. The maximum atomic E-state index is 11.7. The van der Waals surface area contributed by atoms with Gasteiger partial charge in [0, 0.05) is 33.2 Å². The first-order chi connectivity index (χ1) is 6.70. The van der Waals surface area contributed by atoms with Crippen LogP contribution in [0.1, 0.15) is 28.9 Å². The summed E-state index contributed by atoms with van der Waals surface area (Å²) in [5.74, 6) is 0.188. The van der Waals surface area contributed by atoms with Crippen LogP contribution in [0.15, 0.2) is 6.20 Å². The third kappa shape index (κ3) is 1.57.